The number of urea groups is 1. The van der Waals surface area contributed by atoms with Gasteiger partial charge in [-0.1, -0.05) is 12.2 Å². The van der Waals surface area contributed by atoms with Crippen LogP contribution in [0.4, 0.5) is 23.7 Å². The van der Waals surface area contributed by atoms with Crippen molar-refractivity contribution in [3.63, 3.8) is 0 Å². The predicted octanol–water partition coefficient (Wildman–Crippen LogP) is 5.85. The first-order valence-electron chi connectivity index (χ1n) is 11.5. The molecule has 0 bridgehead atoms. The van der Waals surface area contributed by atoms with E-state index in [1.165, 1.54) is 17.0 Å². The van der Waals surface area contributed by atoms with E-state index < -0.39 is 11.7 Å². The number of halogens is 3. The summed E-state index contributed by atoms with van der Waals surface area (Å²) in [6.45, 7) is 3.65. The molecule has 180 valence electrons. The fourth-order valence-electron chi connectivity index (χ4n) is 4.55. The molecular weight excluding hydrogens is 455 g/mol. The van der Waals surface area contributed by atoms with Gasteiger partial charge in [0.1, 0.15) is 0 Å². The molecule has 1 unspecified atom stereocenters. The maximum atomic E-state index is 13.2. The first-order chi connectivity index (χ1) is 16.8. The summed E-state index contributed by atoms with van der Waals surface area (Å²) >= 11 is 0. The summed E-state index contributed by atoms with van der Waals surface area (Å²) in [6.07, 6.45) is 7.74. The minimum absolute atomic E-state index is 0.0337. The highest BCUT2D eigenvalue weighted by atomic mass is 19.4. The molecule has 1 aromatic carbocycles. The maximum Gasteiger partial charge on any atom is 0.416 e. The Bertz CT molecular complexity index is 1280. The van der Waals surface area contributed by atoms with Gasteiger partial charge in [-0.3, -0.25) is 19.5 Å². The summed E-state index contributed by atoms with van der Waals surface area (Å²) in [5.41, 5.74) is 3.55. The molecule has 3 heterocycles. The summed E-state index contributed by atoms with van der Waals surface area (Å²) in [4.78, 5) is 20.5. The van der Waals surface area contributed by atoms with Crippen molar-refractivity contribution in [1.29, 1.82) is 0 Å². The zero-order valence-electron chi connectivity index (χ0n) is 19.1. The van der Waals surface area contributed by atoms with Crippen LogP contribution in [0.3, 0.4) is 0 Å². The molecule has 9 heteroatoms. The molecule has 1 aliphatic carbocycles. The van der Waals surface area contributed by atoms with Gasteiger partial charge in [-0.2, -0.15) is 18.3 Å². The summed E-state index contributed by atoms with van der Waals surface area (Å²) in [7, 11) is 0. The SMILES string of the molecule is CCn1cc(C2C=CC=C(N3CCN(c4ccc(C(F)(F)F)cc4)C3=O)C2)c(-c2ccncc2)n1. The van der Waals surface area contributed by atoms with Crippen molar-refractivity contribution in [2.24, 2.45) is 0 Å². The average Bonchev–Trinajstić information content (AvgIpc) is 3.48. The highest BCUT2D eigenvalue weighted by molar-refractivity contribution is 5.95. The summed E-state index contributed by atoms with van der Waals surface area (Å²) < 4.78 is 40.6. The van der Waals surface area contributed by atoms with Gasteiger partial charge in [0.2, 0.25) is 0 Å². The van der Waals surface area contributed by atoms with E-state index in [-0.39, 0.29) is 11.9 Å². The number of pyridine rings is 1. The first kappa shape index (κ1) is 22.9. The third kappa shape index (κ3) is 4.45. The number of hydrogen-bond donors (Lipinski definition) is 0. The van der Waals surface area contributed by atoms with Gasteiger partial charge in [-0.15, -0.1) is 0 Å². The number of rotatable bonds is 5. The lowest BCUT2D eigenvalue weighted by Crippen LogP contribution is -2.32. The number of nitrogens with zero attached hydrogens (tertiary/aromatic N) is 5. The number of carbonyl (C=O) groups excluding carboxylic acids is 1. The molecular formula is C26H24F3N5O. The smallest absolute Gasteiger partial charge is 0.296 e. The minimum atomic E-state index is -4.41. The van der Waals surface area contributed by atoms with Crippen molar-refractivity contribution in [2.45, 2.75) is 32.0 Å². The normalized spacial score (nSPS) is 18.3. The standard InChI is InChI=1S/C26H24F3N5O/c1-2-32-17-23(24(31-32)18-10-12-30-13-11-18)19-4-3-5-22(16-19)34-15-14-33(25(34)35)21-8-6-20(7-9-21)26(27,28)29/h3-13,17,19H,2,14-16H2,1H3. The molecule has 2 aliphatic rings. The highest BCUT2D eigenvalue weighted by Gasteiger charge is 2.35. The Labute approximate surface area is 201 Å². The van der Waals surface area contributed by atoms with E-state index in [1.807, 2.05) is 42.1 Å². The van der Waals surface area contributed by atoms with Crippen molar-refractivity contribution in [2.75, 3.05) is 18.0 Å². The highest BCUT2D eigenvalue weighted by Crippen LogP contribution is 2.37. The van der Waals surface area contributed by atoms with Crippen molar-refractivity contribution in [3.8, 4) is 11.3 Å². The van der Waals surface area contributed by atoms with Gasteiger partial charge in [0, 0.05) is 66.7 Å². The van der Waals surface area contributed by atoms with Crippen LogP contribution in [0.25, 0.3) is 11.3 Å². The Kier molecular flexibility index (Phi) is 5.92. The first-order valence-corrected chi connectivity index (χ1v) is 11.5. The molecule has 0 spiro atoms. The molecule has 35 heavy (non-hydrogen) atoms. The summed E-state index contributed by atoms with van der Waals surface area (Å²) in [5, 5.41) is 4.75. The lowest BCUT2D eigenvalue weighted by Gasteiger charge is -2.26. The number of carbonyl (C=O) groups is 1. The van der Waals surface area contributed by atoms with E-state index in [2.05, 4.69) is 11.1 Å². The number of allylic oxidation sites excluding steroid dienone is 4. The molecule has 2 aromatic heterocycles. The zero-order valence-corrected chi connectivity index (χ0v) is 19.1. The molecule has 1 atom stereocenters. The lowest BCUT2D eigenvalue weighted by molar-refractivity contribution is -0.137. The van der Waals surface area contributed by atoms with Gasteiger partial charge in [0.25, 0.3) is 0 Å². The monoisotopic (exact) mass is 479 g/mol. The number of amides is 2. The quantitative estimate of drug-likeness (QED) is 0.461. The van der Waals surface area contributed by atoms with E-state index in [0.717, 1.165) is 41.2 Å². The van der Waals surface area contributed by atoms with Gasteiger partial charge >= 0.3 is 12.2 Å². The Hall–Kier alpha value is -3.88. The number of hydrogen-bond acceptors (Lipinski definition) is 3. The molecule has 5 rings (SSSR count). The van der Waals surface area contributed by atoms with Gasteiger partial charge in [-0.05, 0) is 55.8 Å². The van der Waals surface area contributed by atoms with Crippen LogP contribution >= 0.6 is 0 Å². The lowest BCUT2D eigenvalue weighted by atomic mass is 9.89. The van der Waals surface area contributed by atoms with E-state index in [0.29, 0.717) is 25.2 Å². The molecule has 2 amide bonds. The van der Waals surface area contributed by atoms with Gasteiger partial charge in [0.05, 0.1) is 11.3 Å². The third-order valence-electron chi connectivity index (χ3n) is 6.39. The molecule has 0 radical (unpaired) electrons. The Morgan fingerprint density at radius 1 is 1.03 bits per heavy atom. The second-order valence-electron chi connectivity index (χ2n) is 8.51. The molecule has 1 fully saturated rings. The van der Waals surface area contributed by atoms with Crippen LogP contribution in [0.15, 0.2) is 78.9 Å². The predicted molar refractivity (Wildman–Crippen MR) is 127 cm³/mol. The third-order valence-corrected chi connectivity index (χ3v) is 6.39. The maximum absolute atomic E-state index is 13.2. The second-order valence-corrected chi connectivity index (χ2v) is 8.51. The van der Waals surface area contributed by atoms with Crippen molar-refractivity contribution in [3.05, 3.63) is 90.0 Å². The number of benzene rings is 1. The van der Waals surface area contributed by atoms with Crippen molar-refractivity contribution >= 4 is 11.7 Å². The average molecular weight is 480 g/mol. The van der Waals surface area contributed by atoms with Gasteiger partial charge < -0.3 is 0 Å². The molecule has 0 N–H and O–H groups in total. The van der Waals surface area contributed by atoms with Crippen LogP contribution in [0.5, 0.6) is 0 Å². The summed E-state index contributed by atoms with van der Waals surface area (Å²) in [5.74, 6) is 0.0337. The largest absolute Gasteiger partial charge is 0.416 e. The van der Waals surface area contributed by atoms with Crippen LogP contribution in [0, 0.1) is 0 Å². The van der Waals surface area contributed by atoms with Crippen molar-refractivity contribution < 1.29 is 18.0 Å². The molecule has 1 aliphatic heterocycles. The molecule has 3 aromatic rings. The molecule has 6 nitrogen and oxygen atoms in total. The molecule has 1 saturated heterocycles. The van der Waals surface area contributed by atoms with E-state index in [4.69, 9.17) is 5.10 Å². The Morgan fingerprint density at radius 2 is 1.74 bits per heavy atom. The number of aryl methyl sites for hydroxylation is 1. The number of alkyl halides is 3. The Balaban J connectivity index is 1.35. The van der Waals surface area contributed by atoms with Gasteiger partial charge in [0.15, 0.2) is 0 Å². The fraction of sp³-hybridized carbons (Fsp3) is 0.269. The van der Waals surface area contributed by atoms with Gasteiger partial charge in [-0.25, -0.2) is 4.79 Å². The summed E-state index contributed by atoms with van der Waals surface area (Å²) in [6, 6.07) is 8.35. The van der Waals surface area contributed by atoms with E-state index in [9.17, 15) is 18.0 Å². The minimum Gasteiger partial charge on any atom is -0.296 e. The fourth-order valence-corrected chi connectivity index (χ4v) is 4.55. The van der Waals surface area contributed by atoms with Crippen LogP contribution in [-0.4, -0.2) is 38.8 Å². The van der Waals surface area contributed by atoms with Crippen LogP contribution in [0.1, 0.15) is 30.4 Å². The Morgan fingerprint density at radius 3 is 2.43 bits per heavy atom. The number of anilines is 1. The van der Waals surface area contributed by atoms with E-state index >= 15 is 0 Å². The van der Waals surface area contributed by atoms with Crippen LogP contribution in [-0.2, 0) is 12.7 Å². The number of aromatic nitrogens is 3. The zero-order chi connectivity index (χ0) is 24.6. The van der Waals surface area contributed by atoms with Crippen LogP contribution in [0.2, 0.25) is 0 Å². The van der Waals surface area contributed by atoms with Crippen LogP contribution < -0.4 is 4.90 Å². The second kappa shape index (κ2) is 9.05. The topological polar surface area (TPSA) is 54.3 Å². The molecule has 0 saturated carbocycles. The van der Waals surface area contributed by atoms with E-state index in [1.54, 1.807) is 17.3 Å². The van der Waals surface area contributed by atoms with Crippen molar-refractivity contribution in [1.82, 2.24) is 19.7 Å².